The molecule has 1 aromatic carbocycles. The number of piperidine rings is 1. The van der Waals surface area contributed by atoms with Crippen LogP contribution in [0.1, 0.15) is 18.9 Å². The first kappa shape index (κ1) is 18.1. The van der Waals surface area contributed by atoms with Crippen molar-refractivity contribution in [1.29, 1.82) is 0 Å². The van der Waals surface area contributed by atoms with Gasteiger partial charge in [0.05, 0.1) is 28.5 Å². The van der Waals surface area contributed by atoms with Crippen LogP contribution in [0.2, 0.25) is 5.02 Å². The summed E-state index contributed by atoms with van der Waals surface area (Å²) >= 11 is 6.35. The van der Waals surface area contributed by atoms with E-state index < -0.39 is 10.5 Å². The molecule has 10 nitrogen and oxygen atoms in total. The van der Waals surface area contributed by atoms with Gasteiger partial charge in [-0.1, -0.05) is 11.6 Å². The summed E-state index contributed by atoms with van der Waals surface area (Å²) in [5.74, 6) is 0. The van der Waals surface area contributed by atoms with Crippen molar-refractivity contribution in [2.75, 3.05) is 18.0 Å². The average Bonchev–Trinajstić information content (AvgIpc) is 3.25. The van der Waals surface area contributed by atoms with Crippen LogP contribution in [0.5, 0.6) is 0 Å². The van der Waals surface area contributed by atoms with Crippen molar-refractivity contribution in [2.45, 2.75) is 18.9 Å². The van der Waals surface area contributed by atoms with Gasteiger partial charge in [-0.3, -0.25) is 14.9 Å². The van der Waals surface area contributed by atoms with Gasteiger partial charge in [0.15, 0.2) is 0 Å². The number of halogens is 1. The number of nitrogens with zero attached hydrogens (tertiary/aromatic N) is 7. The van der Waals surface area contributed by atoms with Crippen LogP contribution in [-0.4, -0.2) is 42.6 Å². The molecule has 1 saturated heterocycles. The minimum absolute atomic E-state index is 0.0604. The molecule has 0 N–H and O–H groups in total. The van der Waals surface area contributed by atoms with E-state index in [1.54, 1.807) is 12.5 Å². The van der Waals surface area contributed by atoms with E-state index in [1.165, 1.54) is 30.6 Å². The maximum absolute atomic E-state index is 12.7. The molecule has 0 atom stereocenters. The highest BCUT2D eigenvalue weighted by Gasteiger charge is 2.24. The number of anilines is 1. The third-order valence-corrected chi connectivity index (χ3v) is 5.18. The van der Waals surface area contributed by atoms with Crippen LogP contribution in [0.25, 0.3) is 5.69 Å². The van der Waals surface area contributed by atoms with Crippen LogP contribution in [-0.2, 0) is 0 Å². The molecule has 3 aromatic rings. The van der Waals surface area contributed by atoms with E-state index >= 15 is 0 Å². The van der Waals surface area contributed by atoms with Crippen molar-refractivity contribution in [3.8, 4) is 5.69 Å². The maximum Gasteiger partial charge on any atom is 0.292 e. The van der Waals surface area contributed by atoms with Crippen LogP contribution < -0.4 is 10.5 Å². The van der Waals surface area contributed by atoms with Gasteiger partial charge in [-0.2, -0.15) is 14.9 Å². The summed E-state index contributed by atoms with van der Waals surface area (Å²) in [5.41, 5.74) is 0.469. The number of non-ortho nitro benzene ring substituents is 1. The highest BCUT2D eigenvalue weighted by Crippen LogP contribution is 2.28. The van der Waals surface area contributed by atoms with Crippen molar-refractivity contribution < 1.29 is 4.92 Å². The van der Waals surface area contributed by atoms with Gasteiger partial charge in [0.2, 0.25) is 0 Å². The number of benzene rings is 1. The van der Waals surface area contributed by atoms with Gasteiger partial charge in [0.25, 0.3) is 11.2 Å². The molecule has 0 radical (unpaired) electrons. The molecule has 0 spiro atoms. The second-order valence-electron chi connectivity index (χ2n) is 6.43. The molecule has 28 heavy (non-hydrogen) atoms. The van der Waals surface area contributed by atoms with Gasteiger partial charge in [-0.05, 0) is 25.0 Å². The van der Waals surface area contributed by atoms with Crippen molar-refractivity contribution in [3.63, 3.8) is 0 Å². The molecule has 3 heterocycles. The lowest BCUT2D eigenvalue weighted by molar-refractivity contribution is -0.384. The van der Waals surface area contributed by atoms with Gasteiger partial charge >= 0.3 is 0 Å². The van der Waals surface area contributed by atoms with E-state index in [1.807, 2.05) is 9.58 Å². The summed E-state index contributed by atoms with van der Waals surface area (Å²) < 4.78 is 2.99. The lowest BCUT2D eigenvalue weighted by Gasteiger charge is -2.33. The van der Waals surface area contributed by atoms with Gasteiger partial charge in [0.1, 0.15) is 17.7 Å². The molecule has 0 amide bonds. The molecular formula is C17H16ClN7O3. The van der Waals surface area contributed by atoms with Gasteiger partial charge in [-0.15, -0.1) is 0 Å². The normalized spacial score (nSPS) is 15.0. The van der Waals surface area contributed by atoms with Crippen LogP contribution in [0, 0.1) is 10.1 Å². The van der Waals surface area contributed by atoms with E-state index in [0.29, 0.717) is 24.5 Å². The Morgan fingerprint density at radius 2 is 1.86 bits per heavy atom. The summed E-state index contributed by atoms with van der Waals surface area (Å²) in [6.07, 6.45) is 6.49. The molecule has 1 aliphatic rings. The van der Waals surface area contributed by atoms with Crippen molar-refractivity contribution >= 4 is 23.0 Å². The highest BCUT2D eigenvalue weighted by atomic mass is 35.5. The maximum atomic E-state index is 12.7. The van der Waals surface area contributed by atoms with E-state index in [4.69, 9.17) is 11.6 Å². The number of nitro groups is 1. The molecule has 1 aliphatic heterocycles. The van der Waals surface area contributed by atoms with E-state index in [-0.39, 0.29) is 16.8 Å². The smallest absolute Gasteiger partial charge is 0.292 e. The minimum Gasteiger partial charge on any atom is -0.369 e. The van der Waals surface area contributed by atoms with Crippen LogP contribution in [0.4, 0.5) is 11.4 Å². The Bertz CT molecular complexity index is 1040. The molecular weight excluding hydrogens is 386 g/mol. The molecule has 2 aromatic heterocycles. The summed E-state index contributed by atoms with van der Waals surface area (Å²) in [6.45, 7) is 1.43. The predicted molar refractivity (Wildman–Crippen MR) is 102 cm³/mol. The standard InChI is InChI=1S/C17H16ClN7O3/c18-16-15(22-7-5-12(6-8-22)23-11-19-10-21-23)9-20-24(17(16)26)13-1-3-14(4-2-13)25(27)28/h1-4,9-12H,5-8H2. The molecule has 1 fully saturated rings. The summed E-state index contributed by atoms with van der Waals surface area (Å²) in [7, 11) is 0. The quantitative estimate of drug-likeness (QED) is 0.486. The molecule has 0 unspecified atom stereocenters. The second kappa shape index (κ2) is 7.39. The number of nitro benzene ring substituents is 1. The van der Waals surface area contributed by atoms with E-state index in [0.717, 1.165) is 17.5 Å². The average molecular weight is 402 g/mol. The third-order valence-electron chi connectivity index (χ3n) is 4.82. The largest absolute Gasteiger partial charge is 0.369 e. The topological polar surface area (TPSA) is 112 Å². The number of rotatable bonds is 4. The first-order valence-electron chi connectivity index (χ1n) is 8.66. The summed E-state index contributed by atoms with van der Waals surface area (Å²) in [4.78, 5) is 29.0. The third kappa shape index (κ3) is 3.33. The van der Waals surface area contributed by atoms with Gasteiger partial charge in [0, 0.05) is 25.2 Å². The van der Waals surface area contributed by atoms with Crippen molar-refractivity contribution in [2.24, 2.45) is 0 Å². The number of aromatic nitrogens is 5. The number of hydrogen-bond acceptors (Lipinski definition) is 7. The lowest BCUT2D eigenvalue weighted by Crippen LogP contribution is -2.36. The van der Waals surface area contributed by atoms with Crippen molar-refractivity contribution in [1.82, 2.24) is 24.5 Å². The minimum atomic E-state index is -0.501. The lowest BCUT2D eigenvalue weighted by atomic mass is 10.1. The zero-order valence-electron chi connectivity index (χ0n) is 14.7. The fourth-order valence-electron chi connectivity index (χ4n) is 3.32. The fourth-order valence-corrected chi connectivity index (χ4v) is 3.57. The first-order valence-corrected chi connectivity index (χ1v) is 9.04. The molecule has 0 aliphatic carbocycles. The van der Waals surface area contributed by atoms with Crippen molar-refractivity contribution in [3.05, 3.63) is 68.6 Å². The second-order valence-corrected chi connectivity index (χ2v) is 6.81. The Hall–Kier alpha value is -3.27. The summed E-state index contributed by atoms with van der Waals surface area (Å²) in [6, 6.07) is 5.84. The Balaban J connectivity index is 1.55. The fraction of sp³-hybridized carbons (Fsp3) is 0.294. The Labute approximate surface area is 164 Å². The summed E-state index contributed by atoms with van der Waals surface area (Å²) in [5, 5.41) is 19.2. The Morgan fingerprint density at radius 1 is 1.14 bits per heavy atom. The SMILES string of the molecule is O=c1c(Cl)c(N2CCC(n3cncn3)CC2)cnn1-c1ccc([N+](=O)[O-])cc1. The first-order chi connectivity index (χ1) is 13.5. The molecule has 11 heteroatoms. The van der Waals surface area contributed by atoms with E-state index in [9.17, 15) is 14.9 Å². The zero-order chi connectivity index (χ0) is 19.7. The predicted octanol–water partition coefficient (Wildman–Crippen LogP) is 2.23. The number of hydrogen-bond donors (Lipinski definition) is 0. The molecule has 4 rings (SSSR count). The molecule has 144 valence electrons. The zero-order valence-corrected chi connectivity index (χ0v) is 15.4. The van der Waals surface area contributed by atoms with Crippen LogP contribution in [0.15, 0.2) is 47.9 Å². The van der Waals surface area contributed by atoms with Crippen LogP contribution in [0.3, 0.4) is 0 Å². The van der Waals surface area contributed by atoms with E-state index in [2.05, 4.69) is 15.2 Å². The highest BCUT2D eigenvalue weighted by molar-refractivity contribution is 6.33. The Morgan fingerprint density at radius 3 is 2.46 bits per heavy atom. The van der Waals surface area contributed by atoms with Gasteiger partial charge < -0.3 is 4.90 Å². The van der Waals surface area contributed by atoms with Crippen LogP contribution >= 0.6 is 11.6 Å². The Kier molecular flexibility index (Phi) is 4.78. The monoisotopic (exact) mass is 401 g/mol. The molecule has 0 bridgehead atoms. The molecule has 0 saturated carbocycles. The van der Waals surface area contributed by atoms with Gasteiger partial charge in [-0.25, -0.2) is 9.67 Å².